The molecule has 0 radical (unpaired) electrons. The number of aryl methyl sites for hydroxylation is 1. The lowest BCUT2D eigenvalue weighted by Gasteiger charge is -2.19. The second kappa shape index (κ2) is 32.6. The Kier molecular flexibility index (Phi) is 24.6. The SMILES string of the molecule is CN1C(=O)NC2C1CS[C@@H]2CCCCC(=O)Nc1cn(CCCC[C@H](NC(=O)c2ccc(/N=N/c3cc(CCN)ccc3O)cc2)C(=O)NCCCOCCOCCOCCCNC(=O)c2ccc(C(=O)c3ccccc3)cc2)nn1. The van der Waals surface area contributed by atoms with Crippen molar-refractivity contribution < 1.29 is 48.1 Å². The number of phenols is 1. The number of benzene rings is 4. The topological polar surface area (TPSA) is 295 Å². The van der Waals surface area contributed by atoms with Gasteiger partial charge in [0.05, 0.1) is 50.4 Å². The molecule has 4 atom stereocenters. The zero-order chi connectivity index (χ0) is 57.2. The van der Waals surface area contributed by atoms with E-state index in [4.69, 9.17) is 19.9 Å². The van der Waals surface area contributed by atoms with Crippen LogP contribution in [0.15, 0.2) is 113 Å². The molecule has 0 bridgehead atoms. The minimum atomic E-state index is -0.851. The fourth-order valence-electron chi connectivity index (χ4n) is 9.13. The summed E-state index contributed by atoms with van der Waals surface area (Å²) in [6.07, 6.45) is 7.81. The van der Waals surface area contributed by atoms with E-state index in [2.05, 4.69) is 47.1 Å². The molecular weight excluding hydrogens is 1060 g/mol. The molecule has 2 saturated heterocycles. The van der Waals surface area contributed by atoms with Crippen molar-refractivity contribution in [1.82, 2.24) is 41.2 Å². The highest BCUT2D eigenvalue weighted by Crippen LogP contribution is 2.36. The van der Waals surface area contributed by atoms with Crippen LogP contribution in [0.4, 0.5) is 22.0 Å². The standard InChI is InChI=1S/C58H74N12O10S/c1-69-48-39-81-50(53(48)64-58(69)77)14-5-6-15-52(72)63-51-38-70(68-67-51)30-8-7-13-46(62-56(75)44-21-23-45(24-22-44)65-66-47-37-40(26-27-59)16-25-49(47)71)57(76)61-29-10-32-79-34-36-80-35-33-78-31-9-28-60-55(74)43-19-17-42(18-20-43)54(73)41-11-3-2-4-12-41/h2-4,11-12,16-25,37-38,46,48,50,53,71H,5-10,13-15,26-36,39,59H2,1H3,(H,60,74)(H,61,76)(H,62,75)(H,63,72)(H,64,77)/b66-65+/t46-,48?,50+,53?/m0/s1. The molecule has 22 nitrogen and oxygen atoms in total. The van der Waals surface area contributed by atoms with Crippen molar-refractivity contribution >= 4 is 64.4 Å². The van der Waals surface area contributed by atoms with Gasteiger partial charge in [0.1, 0.15) is 17.5 Å². The smallest absolute Gasteiger partial charge is 0.317 e. The number of azo groups is 1. The maximum Gasteiger partial charge on any atom is 0.317 e. The number of likely N-dealkylation sites (N-methyl/N-ethyl adjacent to an activating group) is 1. The van der Waals surface area contributed by atoms with Gasteiger partial charge in [-0.15, -0.1) is 10.2 Å². The van der Waals surface area contributed by atoms with Crippen molar-refractivity contribution in [2.75, 3.05) is 77.4 Å². The Morgan fingerprint density at radius 2 is 1.44 bits per heavy atom. The van der Waals surface area contributed by atoms with Crippen molar-refractivity contribution in [2.45, 2.75) is 94.1 Å². The number of hydrogen-bond donors (Lipinski definition) is 7. The maximum absolute atomic E-state index is 13.6. The van der Waals surface area contributed by atoms with Gasteiger partial charge in [0, 0.05) is 79.6 Å². The minimum Gasteiger partial charge on any atom is -0.506 e. The zero-order valence-electron chi connectivity index (χ0n) is 45.8. The Morgan fingerprint density at radius 1 is 0.778 bits per heavy atom. The third kappa shape index (κ3) is 19.6. The molecule has 3 heterocycles. The summed E-state index contributed by atoms with van der Waals surface area (Å²) in [6, 6.07) is 26.6. The lowest BCUT2D eigenvalue weighted by molar-refractivity contribution is -0.123. The number of phenolic OH excluding ortho intramolecular Hbond substituents is 1. The van der Waals surface area contributed by atoms with Crippen molar-refractivity contribution in [3.05, 3.63) is 131 Å². The first kappa shape index (κ1) is 61.1. The number of ketones is 1. The number of fused-ring (bicyclic) bond motifs is 1. The van der Waals surface area contributed by atoms with Gasteiger partial charge < -0.3 is 56.5 Å². The lowest BCUT2D eigenvalue weighted by Crippen LogP contribution is -2.47. The third-order valence-electron chi connectivity index (χ3n) is 13.7. The third-order valence-corrected chi connectivity index (χ3v) is 15.2. The van der Waals surface area contributed by atoms with Crippen molar-refractivity contribution in [2.24, 2.45) is 16.0 Å². The van der Waals surface area contributed by atoms with Crippen LogP contribution in [0, 0.1) is 0 Å². The van der Waals surface area contributed by atoms with Crippen LogP contribution in [0.1, 0.15) is 100.0 Å². The largest absolute Gasteiger partial charge is 0.506 e. The number of unbranched alkanes of at least 4 members (excludes halogenated alkanes) is 2. The number of carbonyl (C=O) groups is 6. The van der Waals surface area contributed by atoms with Crippen LogP contribution in [0.2, 0.25) is 0 Å². The molecule has 2 aliphatic heterocycles. The quantitative estimate of drug-likeness (QED) is 0.00989. The first-order valence-corrected chi connectivity index (χ1v) is 28.7. The zero-order valence-corrected chi connectivity index (χ0v) is 46.6. The summed E-state index contributed by atoms with van der Waals surface area (Å²) in [5, 5.41) is 41.9. The van der Waals surface area contributed by atoms with Crippen LogP contribution in [0.3, 0.4) is 0 Å². The van der Waals surface area contributed by atoms with Gasteiger partial charge in [0.2, 0.25) is 11.8 Å². The highest BCUT2D eigenvalue weighted by Gasteiger charge is 2.46. The number of hydrogen-bond acceptors (Lipinski definition) is 16. The molecule has 2 aliphatic rings. The van der Waals surface area contributed by atoms with Gasteiger partial charge in [-0.3, -0.25) is 28.7 Å². The predicted molar refractivity (Wildman–Crippen MR) is 307 cm³/mol. The van der Waals surface area contributed by atoms with Gasteiger partial charge in [0.25, 0.3) is 11.8 Å². The second-order valence-electron chi connectivity index (χ2n) is 19.7. The number of nitrogens with zero attached hydrogens (tertiary/aromatic N) is 6. The van der Waals surface area contributed by atoms with Crippen LogP contribution in [-0.2, 0) is 36.8 Å². The number of amides is 6. The van der Waals surface area contributed by atoms with Gasteiger partial charge in [-0.05, 0) is 112 Å². The number of ether oxygens (including phenoxy) is 3. The number of nitrogens with two attached hydrogens (primary N) is 1. The van der Waals surface area contributed by atoms with E-state index in [0.29, 0.717) is 155 Å². The summed E-state index contributed by atoms with van der Waals surface area (Å²) >= 11 is 1.88. The molecule has 1 aromatic heterocycles. The van der Waals surface area contributed by atoms with Gasteiger partial charge in [-0.2, -0.15) is 16.9 Å². The Balaban J connectivity index is 0.770. The lowest BCUT2D eigenvalue weighted by atomic mass is 10.0. The normalized spacial score (nSPS) is 16.0. The second-order valence-corrected chi connectivity index (χ2v) is 21.0. The van der Waals surface area contributed by atoms with E-state index >= 15 is 0 Å². The molecule has 2 fully saturated rings. The molecule has 0 saturated carbocycles. The van der Waals surface area contributed by atoms with Crippen molar-refractivity contribution in [1.29, 1.82) is 0 Å². The molecule has 2 unspecified atom stereocenters. The van der Waals surface area contributed by atoms with E-state index in [9.17, 15) is 33.9 Å². The Labute approximate surface area is 476 Å². The average molecular weight is 1130 g/mol. The van der Waals surface area contributed by atoms with Crippen LogP contribution in [-0.4, -0.2) is 156 Å². The van der Waals surface area contributed by atoms with E-state index in [1.807, 2.05) is 37.0 Å². The molecule has 5 aromatic rings. The number of anilines is 1. The van der Waals surface area contributed by atoms with E-state index < -0.39 is 11.9 Å². The fourth-order valence-corrected chi connectivity index (χ4v) is 10.8. The van der Waals surface area contributed by atoms with Crippen LogP contribution >= 0.6 is 11.8 Å². The average Bonchev–Trinajstić information content (AvgIpc) is 4.34. The molecule has 6 amide bonds. The van der Waals surface area contributed by atoms with E-state index in [1.54, 1.807) is 94.6 Å². The summed E-state index contributed by atoms with van der Waals surface area (Å²) in [5.41, 5.74) is 9.24. The van der Waals surface area contributed by atoms with Gasteiger partial charge >= 0.3 is 6.03 Å². The minimum absolute atomic E-state index is 0.0186. The molecule has 8 N–H and O–H groups in total. The number of nitrogens with one attached hydrogen (secondary N) is 5. The molecule has 7 rings (SSSR count). The molecule has 432 valence electrons. The highest BCUT2D eigenvalue weighted by atomic mass is 32.2. The van der Waals surface area contributed by atoms with Gasteiger partial charge in [-0.25, -0.2) is 4.79 Å². The number of carbonyl (C=O) groups excluding carboxylic acids is 6. The fraction of sp³-hybridized carbons (Fsp3) is 0.448. The van der Waals surface area contributed by atoms with Crippen LogP contribution in [0.25, 0.3) is 0 Å². The van der Waals surface area contributed by atoms with E-state index in [1.165, 1.54) is 0 Å². The number of aromatic hydroxyl groups is 1. The number of urea groups is 1. The summed E-state index contributed by atoms with van der Waals surface area (Å²) in [5.74, 6) is 0.00380. The molecule has 4 aromatic carbocycles. The maximum atomic E-state index is 13.6. The summed E-state index contributed by atoms with van der Waals surface area (Å²) in [6.45, 7) is 3.97. The molecule has 81 heavy (non-hydrogen) atoms. The Morgan fingerprint density at radius 3 is 2.17 bits per heavy atom. The van der Waals surface area contributed by atoms with Crippen LogP contribution < -0.4 is 32.3 Å². The first-order chi connectivity index (χ1) is 39.4. The number of rotatable bonds is 35. The summed E-state index contributed by atoms with van der Waals surface area (Å²) in [4.78, 5) is 78.9. The Bertz CT molecular complexity index is 2860. The van der Waals surface area contributed by atoms with Crippen LogP contribution in [0.5, 0.6) is 5.75 Å². The predicted octanol–water partition coefficient (Wildman–Crippen LogP) is 6.48. The monoisotopic (exact) mass is 1130 g/mol. The summed E-state index contributed by atoms with van der Waals surface area (Å²) < 4.78 is 18.6. The van der Waals surface area contributed by atoms with Gasteiger partial charge in [-0.1, -0.05) is 60.2 Å². The van der Waals surface area contributed by atoms with E-state index in [-0.39, 0.29) is 47.4 Å². The number of aromatic nitrogens is 3. The highest BCUT2D eigenvalue weighted by molar-refractivity contribution is 8.00. The summed E-state index contributed by atoms with van der Waals surface area (Å²) in [7, 11) is 1.84. The molecule has 0 spiro atoms. The molecule has 0 aliphatic carbocycles. The molecule has 23 heteroatoms. The Hall–Kier alpha value is -7.57. The van der Waals surface area contributed by atoms with Crippen molar-refractivity contribution in [3.8, 4) is 5.75 Å². The van der Waals surface area contributed by atoms with Gasteiger partial charge in [0.15, 0.2) is 11.6 Å². The molecular formula is C58H74N12O10S. The van der Waals surface area contributed by atoms with E-state index in [0.717, 1.165) is 30.6 Å². The first-order valence-electron chi connectivity index (χ1n) is 27.6. The van der Waals surface area contributed by atoms with Crippen molar-refractivity contribution in [3.63, 3.8) is 0 Å². The number of thioether (sulfide) groups is 1.